The second kappa shape index (κ2) is 8.10. The van der Waals surface area contributed by atoms with E-state index in [1.807, 2.05) is 13.8 Å². The van der Waals surface area contributed by atoms with Crippen molar-refractivity contribution >= 4 is 11.9 Å². The van der Waals surface area contributed by atoms with Crippen molar-refractivity contribution in [1.82, 2.24) is 5.32 Å². The van der Waals surface area contributed by atoms with Gasteiger partial charge in [-0.15, -0.1) is 0 Å². The number of hydrogen-bond donors (Lipinski definition) is 2. The molecule has 0 aliphatic rings. The Labute approximate surface area is 96.2 Å². The van der Waals surface area contributed by atoms with E-state index >= 15 is 0 Å². The van der Waals surface area contributed by atoms with Crippen molar-refractivity contribution in [2.45, 2.75) is 51.7 Å². The third kappa shape index (κ3) is 6.40. The molecule has 0 aromatic rings. The maximum Gasteiger partial charge on any atom is 0.326 e. The molecule has 0 spiro atoms. The van der Waals surface area contributed by atoms with Gasteiger partial charge in [0, 0.05) is 13.5 Å². The normalized spacial score (nSPS) is 14.2. The van der Waals surface area contributed by atoms with Crippen LogP contribution in [0.15, 0.2) is 0 Å². The highest BCUT2D eigenvalue weighted by Gasteiger charge is 2.18. The van der Waals surface area contributed by atoms with Gasteiger partial charge in [-0.25, -0.2) is 4.79 Å². The number of carboxylic acids is 1. The molecule has 0 heterocycles. The number of aliphatic carboxylic acids is 1. The van der Waals surface area contributed by atoms with Gasteiger partial charge in [-0.1, -0.05) is 13.3 Å². The molecule has 94 valence electrons. The van der Waals surface area contributed by atoms with Gasteiger partial charge in [0.15, 0.2) is 0 Å². The third-order valence-electron chi connectivity index (χ3n) is 2.39. The van der Waals surface area contributed by atoms with E-state index < -0.39 is 12.0 Å². The lowest BCUT2D eigenvalue weighted by molar-refractivity contribution is -0.142. The molecule has 1 amide bonds. The van der Waals surface area contributed by atoms with Crippen LogP contribution in [0.4, 0.5) is 0 Å². The smallest absolute Gasteiger partial charge is 0.326 e. The van der Waals surface area contributed by atoms with Gasteiger partial charge in [-0.3, -0.25) is 4.79 Å². The molecule has 2 N–H and O–H groups in total. The number of ether oxygens (including phenoxy) is 1. The lowest BCUT2D eigenvalue weighted by atomic mass is 10.1. The molecule has 0 aromatic heterocycles. The van der Waals surface area contributed by atoms with Crippen molar-refractivity contribution in [3.8, 4) is 0 Å². The zero-order valence-corrected chi connectivity index (χ0v) is 10.2. The average Bonchev–Trinajstić information content (AvgIpc) is 2.25. The molecule has 5 nitrogen and oxygen atoms in total. The molecule has 0 bridgehead atoms. The summed E-state index contributed by atoms with van der Waals surface area (Å²) in [5.41, 5.74) is 0. The second-order valence-corrected chi connectivity index (χ2v) is 3.83. The van der Waals surface area contributed by atoms with Crippen LogP contribution in [0.1, 0.15) is 39.5 Å². The van der Waals surface area contributed by atoms with E-state index in [-0.39, 0.29) is 12.0 Å². The number of carbonyl (C=O) groups excluding carboxylic acids is 1. The summed E-state index contributed by atoms with van der Waals surface area (Å²) in [6.07, 6.45) is 2.09. The predicted octanol–water partition coefficient (Wildman–Crippen LogP) is 1.17. The summed E-state index contributed by atoms with van der Waals surface area (Å²) in [7, 11) is 1.58. The Morgan fingerprint density at radius 3 is 2.44 bits per heavy atom. The molecule has 0 fully saturated rings. The lowest BCUT2D eigenvalue weighted by Gasteiger charge is -2.14. The van der Waals surface area contributed by atoms with Crippen molar-refractivity contribution in [2.24, 2.45) is 0 Å². The van der Waals surface area contributed by atoms with Gasteiger partial charge in [0.05, 0.1) is 6.10 Å². The number of rotatable bonds is 8. The minimum Gasteiger partial charge on any atom is -0.480 e. The fraction of sp³-hybridized carbons (Fsp3) is 0.818. The first kappa shape index (κ1) is 14.9. The summed E-state index contributed by atoms with van der Waals surface area (Å²) < 4.78 is 5.00. The fourth-order valence-electron chi connectivity index (χ4n) is 1.26. The quantitative estimate of drug-likeness (QED) is 0.657. The molecular weight excluding hydrogens is 210 g/mol. The molecular formula is C11H21NO4. The molecule has 1 unspecified atom stereocenters. The van der Waals surface area contributed by atoms with Gasteiger partial charge in [-0.2, -0.15) is 0 Å². The van der Waals surface area contributed by atoms with Crippen LogP contribution in [0.5, 0.6) is 0 Å². The van der Waals surface area contributed by atoms with E-state index in [2.05, 4.69) is 5.32 Å². The van der Waals surface area contributed by atoms with Gasteiger partial charge in [0.1, 0.15) is 6.04 Å². The van der Waals surface area contributed by atoms with Crippen molar-refractivity contribution in [3.05, 3.63) is 0 Å². The van der Waals surface area contributed by atoms with Crippen molar-refractivity contribution in [2.75, 3.05) is 7.11 Å². The molecule has 0 rings (SSSR count). The predicted molar refractivity (Wildman–Crippen MR) is 60.2 cm³/mol. The topological polar surface area (TPSA) is 75.6 Å². The van der Waals surface area contributed by atoms with Gasteiger partial charge in [0.25, 0.3) is 0 Å². The largest absolute Gasteiger partial charge is 0.480 e. The monoisotopic (exact) mass is 231 g/mol. The molecule has 0 aliphatic carbocycles. The molecule has 0 aromatic carbocycles. The van der Waals surface area contributed by atoms with Crippen molar-refractivity contribution in [1.29, 1.82) is 0 Å². The number of carboxylic acid groups (broad SMARTS) is 1. The first-order valence-electron chi connectivity index (χ1n) is 5.56. The minimum absolute atomic E-state index is 0.0141. The van der Waals surface area contributed by atoms with Crippen molar-refractivity contribution in [3.63, 3.8) is 0 Å². The van der Waals surface area contributed by atoms with Crippen LogP contribution in [-0.2, 0) is 14.3 Å². The van der Waals surface area contributed by atoms with Crippen LogP contribution < -0.4 is 5.32 Å². The lowest BCUT2D eigenvalue weighted by Crippen LogP contribution is -2.40. The van der Waals surface area contributed by atoms with Crippen LogP contribution in [-0.4, -0.2) is 36.2 Å². The standard InChI is InChI=1S/C11H21NO4/c1-4-5-9(11(14)15)12-10(13)7-6-8(2)16-3/h8-9H,4-7H2,1-3H3,(H,12,13)(H,14,15)/t8?,9-/m0/s1. The van der Waals surface area contributed by atoms with E-state index in [9.17, 15) is 9.59 Å². The molecule has 0 radical (unpaired) electrons. The fourth-order valence-corrected chi connectivity index (χ4v) is 1.26. The Kier molecular flexibility index (Phi) is 7.54. The van der Waals surface area contributed by atoms with Crippen LogP contribution in [0.2, 0.25) is 0 Å². The Morgan fingerprint density at radius 2 is 2.00 bits per heavy atom. The van der Waals surface area contributed by atoms with Crippen LogP contribution in [0.25, 0.3) is 0 Å². The molecule has 5 heteroatoms. The molecule has 0 aliphatic heterocycles. The maximum absolute atomic E-state index is 11.4. The van der Waals surface area contributed by atoms with E-state index in [0.29, 0.717) is 19.3 Å². The van der Waals surface area contributed by atoms with Crippen LogP contribution in [0, 0.1) is 0 Å². The van der Waals surface area contributed by atoms with E-state index in [1.54, 1.807) is 7.11 Å². The van der Waals surface area contributed by atoms with E-state index in [1.165, 1.54) is 0 Å². The Morgan fingerprint density at radius 1 is 1.38 bits per heavy atom. The summed E-state index contributed by atoms with van der Waals surface area (Å²) in [5.74, 6) is -1.21. The first-order valence-corrected chi connectivity index (χ1v) is 5.56. The van der Waals surface area contributed by atoms with Gasteiger partial charge < -0.3 is 15.2 Å². The highest BCUT2D eigenvalue weighted by Crippen LogP contribution is 2.02. The highest BCUT2D eigenvalue weighted by atomic mass is 16.5. The second-order valence-electron chi connectivity index (χ2n) is 3.83. The summed E-state index contributed by atoms with van der Waals surface area (Å²) in [4.78, 5) is 22.2. The van der Waals surface area contributed by atoms with Gasteiger partial charge in [0.2, 0.25) is 5.91 Å². The Hall–Kier alpha value is -1.10. The van der Waals surface area contributed by atoms with E-state index in [4.69, 9.17) is 9.84 Å². The SMILES string of the molecule is CCC[C@H](NC(=O)CCC(C)OC)C(=O)O. The Bertz CT molecular complexity index is 230. The summed E-state index contributed by atoms with van der Waals surface area (Å²) in [5, 5.41) is 11.3. The van der Waals surface area contributed by atoms with Crippen LogP contribution in [0.3, 0.4) is 0 Å². The number of amides is 1. The first-order chi connectivity index (χ1) is 7.51. The van der Waals surface area contributed by atoms with Gasteiger partial charge >= 0.3 is 5.97 Å². The van der Waals surface area contributed by atoms with Crippen molar-refractivity contribution < 1.29 is 19.4 Å². The zero-order chi connectivity index (χ0) is 12.6. The number of hydrogen-bond acceptors (Lipinski definition) is 3. The molecule has 2 atom stereocenters. The third-order valence-corrected chi connectivity index (χ3v) is 2.39. The summed E-state index contributed by atoms with van der Waals surface area (Å²) >= 11 is 0. The summed E-state index contributed by atoms with van der Waals surface area (Å²) in [6, 6.07) is -0.768. The van der Waals surface area contributed by atoms with E-state index in [0.717, 1.165) is 6.42 Å². The van der Waals surface area contributed by atoms with Crippen LogP contribution >= 0.6 is 0 Å². The molecule has 0 saturated heterocycles. The number of carbonyl (C=O) groups is 2. The molecule has 0 saturated carbocycles. The minimum atomic E-state index is -0.977. The highest BCUT2D eigenvalue weighted by molar-refractivity contribution is 5.83. The number of methoxy groups -OCH3 is 1. The zero-order valence-electron chi connectivity index (χ0n) is 10.2. The Balaban J connectivity index is 3.95. The number of nitrogens with one attached hydrogen (secondary N) is 1. The maximum atomic E-state index is 11.4. The average molecular weight is 231 g/mol. The molecule has 16 heavy (non-hydrogen) atoms. The summed E-state index contributed by atoms with van der Waals surface area (Å²) in [6.45, 7) is 3.75. The van der Waals surface area contributed by atoms with Gasteiger partial charge in [-0.05, 0) is 19.8 Å².